The fraction of sp³-hybridized carbons (Fsp3) is 0.667. The molecule has 3 nitrogen and oxygen atoms in total. The molecular weight excluding hydrogens is 146 g/mol. The van der Waals surface area contributed by atoms with Gasteiger partial charge in [0.05, 0.1) is 0 Å². The third kappa shape index (κ3) is 1.67. The minimum atomic E-state index is 1.02. The summed E-state index contributed by atoms with van der Waals surface area (Å²) in [6.45, 7) is 3.19. The second kappa shape index (κ2) is 3.51. The monoisotopic (exact) mass is 156 g/mol. The van der Waals surface area contributed by atoms with E-state index in [9.17, 15) is 0 Å². The molecule has 4 heteroatoms. The highest BCUT2D eigenvalue weighted by Crippen LogP contribution is 2.13. The molecule has 0 atom stereocenters. The van der Waals surface area contributed by atoms with Crippen LogP contribution >= 0.6 is 11.5 Å². The first-order valence-corrected chi connectivity index (χ1v) is 4.03. The molecule has 1 aromatic heterocycles. The smallest absolute Gasteiger partial charge is 0.153 e. The second-order valence-electron chi connectivity index (χ2n) is 2.11. The molecule has 0 aliphatic rings. The summed E-state index contributed by atoms with van der Waals surface area (Å²) >= 11 is 1.38. The van der Waals surface area contributed by atoms with Gasteiger partial charge in [0.2, 0.25) is 0 Å². The minimum Gasteiger partial charge on any atom is -0.363 e. The highest BCUT2D eigenvalue weighted by atomic mass is 32.1. The minimum absolute atomic E-state index is 1.02. The van der Waals surface area contributed by atoms with Gasteiger partial charge in [-0.05, 0) is 6.42 Å². The van der Waals surface area contributed by atoms with Crippen molar-refractivity contribution in [1.29, 1.82) is 0 Å². The van der Waals surface area contributed by atoms with E-state index in [1.807, 2.05) is 7.05 Å². The van der Waals surface area contributed by atoms with Crippen molar-refractivity contribution >= 4 is 16.5 Å². The molecular formula is C6H10N3S. The number of nitrogens with zero attached hydrogens (tertiary/aromatic N) is 3. The van der Waals surface area contributed by atoms with Gasteiger partial charge in [0.25, 0.3) is 0 Å². The molecule has 10 heavy (non-hydrogen) atoms. The number of rotatable bonds is 3. The Morgan fingerprint density at radius 3 is 3.00 bits per heavy atom. The Morgan fingerprint density at radius 1 is 1.70 bits per heavy atom. The van der Waals surface area contributed by atoms with Crippen LogP contribution in [0.3, 0.4) is 0 Å². The summed E-state index contributed by atoms with van der Waals surface area (Å²) in [4.78, 5) is 2.10. The Labute approximate surface area is 64.8 Å². The van der Waals surface area contributed by atoms with E-state index in [2.05, 4.69) is 27.6 Å². The maximum Gasteiger partial charge on any atom is 0.153 e. The first-order chi connectivity index (χ1) is 4.84. The van der Waals surface area contributed by atoms with E-state index < -0.39 is 0 Å². The topological polar surface area (TPSA) is 29.0 Å². The van der Waals surface area contributed by atoms with Crippen molar-refractivity contribution in [2.24, 2.45) is 0 Å². The average molecular weight is 156 g/mol. The first kappa shape index (κ1) is 7.47. The predicted molar refractivity (Wildman–Crippen MR) is 42.3 cm³/mol. The van der Waals surface area contributed by atoms with Gasteiger partial charge in [-0.3, -0.25) is 0 Å². The molecule has 55 valence electrons. The molecule has 0 aliphatic carbocycles. The van der Waals surface area contributed by atoms with E-state index >= 15 is 0 Å². The van der Waals surface area contributed by atoms with Gasteiger partial charge in [-0.1, -0.05) is 11.4 Å². The Bertz CT molecular complexity index is 173. The summed E-state index contributed by atoms with van der Waals surface area (Å²) in [7, 11) is 2.02. The van der Waals surface area contributed by atoms with Crippen molar-refractivity contribution in [3.8, 4) is 0 Å². The van der Waals surface area contributed by atoms with Gasteiger partial charge < -0.3 is 4.90 Å². The van der Waals surface area contributed by atoms with Crippen LogP contribution in [0.1, 0.15) is 13.3 Å². The molecule has 1 heterocycles. The number of aromatic nitrogens is 2. The lowest BCUT2D eigenvalue weighted by atomic mass is 10.4. The third-order valence-corrected chi connectivity index (χ3v) is 1.96. The highest BCUT2D eigenvalue weighted by Gasteiger charge is 2.00. The van der Waals surface area contributed by atoms with E-state index in [1.54, 1.807) is 0 Å². The summed E-state index contributed by atoms with van der Waals surface area (Å²) < 4.78 is 3.72. The lowest BCUT2D eigenvalue weighted by molar-refractivity contribution is 0.857. The standard InChI is InChI=1S/C6H10N3S/c1-3-4-9(2)6-5-7-8-10-6/h3-4H2,1-2H3. The zero-order valence-corrected chi connectivity index (χ0v) is 6.98. The second-order valence-corrected chi connectivity index (χ2v) is 2.84. The van der Waals surface area contributed by atoms with E-state index in [0.29, 0.717) is 0 Å². The van der Waals surface area contributed by atoms with E-state index in [-0.39, 0.29) is 0 Å². The molecule has 0 spiro atoms. The predicted octanol–water partition coefficient (Wildman–Crippen LogP) is 1.18. The molecule has 0 bridgehead atoms. The van der Waals surface area contributed by atoms with Crippen molar-refractivity contribution in [1.82, 2.24) is 9.59 Å². The summed E-state index contributed by atoms with van der Waals surface area (Å²) in [5.41, 5.74) is 0. The quantitative estimate of drug-likeness (QED) is 0.658. The van der Waals surface area contributed by atoms with Crippen molar-refractivity contribution < 1.29 is 0 Å². The van der Waals surface area contributed by atoms with Crippen molar-refractivity contribution in [3.05, 3.63) is 6.20 Å². The maximum absolute atomic E-state index is 3.72. The van der Waals surface area contributed by atoms with Crippen molar-refractivity contribution in [2.45, 2.75) is 13.3 Å². The van der Waals surface area contributed by atoms with E-state index in [0.717, 1.165) is 18.0 Å². The fourth-order valence-electron chi connectivity index (χ4n) is 0.735. The Balaban J connectivity index is 2.50. The lowest BCUT2D eigenvalue weighted by Crippen LogP contribution is -2.16. The Hall–Kier alpha value is -0.640. The van der Waals surface area contributed by atoms with Gasteiger partial charge in [-0.25, -0.2) is 0 Å². The molecule has 1 rings (SSSR count). The van der Waals surface area contributed by atoms with Crippen LogP contribution in [0.5, 0.6) is 0 Å². The van der Waals surface area contributed by atoms with Crippen molar-refractivity contribution in [2.75, 3.05) is 18.5 Å². The van der Waals surface area contributed by atoms with Gasteiger partial charge in [-0.2, -0.15) is 0 Å². The van der Waals surface area contributed by atoms with E-state index in [1.165, 1.54) is 11.5 Å². The zero-order chi connectivity index (χ0) is 7.40. The summed E-state index contributed by atoms with van der Waals surface area (Å²) in [5, 5.41) is 4.64. The molecule has 0 saturated heterocycles. The first-order valence-electron chi connectivity index (χ1n) is 3.25. The summed E-state index contributed by atoms with van der Waals surface area (Å²) in [6.07, 6.45) is 3.95. The van der Waals surface area contributed by atoms with Crippen LogP contribution in [0, 0.1) is 6.20 Å². The van der Waals surface area contributed by atoms with Crippen LogP contribution in [-0.4, -0.2) is 23.2 Å². The fourth-order valence-corrected chi connectivity index (χ4v) is 1.21. The zero-order valence-electron chi connectivity index (χ0n) is 6.16. The van der Waals surface area contributed by atoms with Crippen LogP contribution in [0.4, 0.5) is 5.00 Å². The van der Waals surface area contributed by atoms with Gasteiger partial charge in [0.15, 0.2) is 6.20 Å². The molecule has 1 aromatic rings. The normalized spacial score (nSPS) is 9.80. The molecule has 0 aliphatic heterocycles. The van der Waals surface area contributed by atoms with Crippen LogP contribution in [0.15, 0.2) is 0 Å². The van der Waals surface area contributed by atoms with Crippen LogP contribution in [0.25, 0.3) is 0 Å². The van der Waals surface area contributed by atoms with Crippen LogP contribution < -0.4 is 4.90 Å². The van der Waals surface area contributed by atoms with Gasteiger partial charge in [0.1, 0.15) is 5.00 Å². The Kier molecular flexibility index (Phi) is 2.62. The molecule has 0 aromatic carbocycles. The van der Waals surface area contributed by atoms with Crippen LogP contribution in [0.2, 0.25) is 0 Å². The maximum atomic E-state index is 3.72. The van der Waals surface area contributed by atoms with E-state index in [4.69, 9.17) is 0 Å². The number of anilines is 1. The van der Waals surface area contributed by atoms with Gasteiger partial charge >= 0.3 is 0 Å². The van der Waals surface area contributed by atoms with Crippen molar-refractivity contribution in [3.63, 3.8) is 0 Å². The van der Waals surface area contributed by atoms with Gasteiger partial charge in [-0.15, -0.1) is 5.10 Å². The molecule has 0 fully saturated rings. The largest absolute Gasteiger partial charge is 0.363 e. The third-order valence-electron chi connectivity index (χ3n) is 1.22. The highest BCUT2D eigenvalue weighted by molar-refractivity contribution is 7.09. The SMILES string of the molecule is CCCN(C)c1[c]nns1. The van der Waals surface area contributed by atoms with Crippen LogP contribution in [-0.2, 0) is 0 Å². The molecule has 1 radical (unpaired) electrons. The molecule has 0 amide bonds. The number of hydrogen-bond donors (Lipinski definition) is 0. The Morgan fingerprint density at radius 2 is 2.50 bits per heavy atom. The van der Waals surface area contributed by atoms with Gasteiger partial charge in [0, 0.05) is 25.1 Å². The molecule has 0 unspecified atom stereocenters. The summed E-state index contributed by atoms with van der Waals surface area (Å²) in [6, 6.07) is 0. The summed E-state index contributed by atoms with van der Waals surface area (Å²) in [5.74, 6) is 0. The lowest BCUT2D eigenvalue weighted by Gasteiger charge is -2.12. The molecule has 0 N–H and O–H groups in total. The molecule has 0 saturated carbocycles. The number of hydrogen-bond acceptors (Lipinski definition) is 4. The average Bonchev–Trinajstić information content (AvgIpc) is 2.38.